The van der Waals surface area contributed by atoms with Crippen molar-refractivity contribution in [1.29, 1.82) is 0 Å². The smallest absolute Gasteiger partial charge is 0.225 e. The van der Waals surface area contributed by atoms with Gasteiger partial charge >= 0.3 is 0 Å². The average molecular weight is 278 g/mol. The van der Waals surface area contributed by atoms with E-state index < -0.39 is 0 Å². The summed E-state index contributed by atoms with van der Waals surface area (Å²) in [4.78, 5) is 15.2. The zero-order chi connectivity index (χ0) is 13.9. The molecule has 0 aromatic carbocycles. The van der Waals surface area contributed by atoms with Gasteiger partial charge < -0.3 is 10.2 Å². The normalized spacial score (nSPS) is 36.2. The van der Waals surface area contributed by atoms with E-state index in [1.54, 1.807) is 0 Å². The number of carbonyl (C=O) groups excluding carboxylic acids is 1. The summed E-state index contributed by atoms with van der Waals surface area (Å²) in [6, 6.07) is 0.559. The minimum atomic E-state index is 0.341. The summed E-state index contributed by atoms with van der Waals surface area (Å²) < 4.78 is 0. The summed E-state index contributed by atoms with van der Waals surface area (Å²) in [7, 11) is 0. The van der Waals surface area contributed by atoms with Crippen molar-refractivity contribution in [2.24, 2.45) is 17.8 Å². The molecular formula is C17H30N2O. The number of rotatable bonds is 2. The lowest BCUT2D eigenvalue weighted by atomic mass is 9.81. The molecule has 0 radical (unpaired) electrons. The number of carbonyl (C=O) groups is 1. The maximum absolute atomic E-state index is 12.9. The molecule has 3 aliphatic rings. The van der Waals surface area contributed by atoms with Crippen LogP contribution in [-0.2, 0) is 4.79 Å². The second-order valence-electron chi connectivity index (χ2n) is 7.29. The summed E-state index contributed by atoms with van der Waals surface area (Å²) in [5.41, 5.74) is 0. The molecule has 0 aromatic heterocycles. The van der Waals surface area contributed by atoms with Crippen LogP contribution in [0.5, 0.6) is 0 Å². The van der Waals surface area contributed by atoms with Crippen molar-refractivity contribution in [3.8, 4) is 0 Å². The molecule has 2 aliphatic heterocycles. The molecule has 3 heteroatoms. The van der Waals surface area contributed by atoms with Gasteiger partial charge in [-0.25, -0.2) is 0 Å². The monoisotopic (exact) mass is 278 g/mol. The van der Waals surface area contributed by atoms with Crippen molar-refractivity contribution >= 4 is 5.91 Å². The molecule has 0 spiro atoms. The standard InChI is InChI=1S/C17H30N2O/c1-13-4-6-15(7-5-13)17(20)19-12-2-3-16(19)14-8-10-18-11-9-14/h13-16,18H,2-12H2,1H3. The molecular weight excluding hydrogens is 248 g/mol. The lowest BCUT2D eigenvalue weighted by molar-refractivity contribution is -0.138. The molecule has 3 rings (SSSR count). The lowest BCUT2D eigenvalue weighted by Gasteiger charge is -2.37. The van der Waals surface area contributed by atoms with E-state index in [1.807, 2.05) is 0 Å². The highest BCUT2D eigenvalue weighted by molar-refractivity contribution is 5.79. The molecule has 2 heterocycles. The summed E-state index contributed by atoms with van der Waals surface area (Å²) in [6.07, 6.45) is 9.77. The van der Waals surface area contributed by atoms with E-state index in [1.165, 1.54) is 38.5 Å². The fourth-order valence-corrected chi connectivity index (χ4v) is 4.53. The molecule has 114 valence electrons. The molecule has 1 aliphatic carbocycles. The fraction of sp³-hybridized carbons (Fsp3) is 0.941. The van der Waals surface area contributed by atoms with Gasteiger partial charge in [-0.2, -0.15) is 0 Å². The van der Waals surface area contributed by atoms with Crippen LogP contribution in [0.2, 0.25) is 0 Å². The number of piperidine rings is 1. The van der Waals surface area contributed by atoms with E-state index in [4.69, 9.17) is 0 Å². The highest BCUT2D eigenvalue weighted by Gasteiger charge is 2.38. The third-order valence-corrected chi connectivity index (χ3v) is 5.88. The van der Waals surface area contributed by atoms with E-state index in [0.717, 1.165) is 44.3 Å². The first-order valence-electron chi connectivity index (χ1n) is 8.77. The third kappa shape index (κ3) is 3.03. The van der Waals surface area contributed by atoms with Crippen LogP contribution >= 0.6 is 0 Å². The fourth-order valence-electron chi connectivity index (χ4n) is 4.53. The van der Waals surface area contributed by atoms with Crippen LogP contribution < -0.4 is 5.32 Å². The zero-order valence-corrected chi connectivity index (χ0v) is 12.9. The molecule has 3 nitrogen and oxygen atoms in total. The van der Waals surface area contributed by atoms with Gasteiger partial charge in [0.2, 0.25) is 5.91 Å². The van der Waals surface area contributed by atoms with Crippen LogP contribution in [0.25, 0.3) is 0 Å². The minimum absolute atomic E-state index is 0.341. The summed E-state index contributed by atoms with van der Waals surface area (Å²) in [6.45, 7) is 5.64. The summed E-state index contributed by atoms with van der Waals surface area (Å²) in [5.74, 6) is 2.43. The first kappa shape index (κ1) is 14.4. The van der Waals surface area contributed by atoms with Crippen molar-refractivity contribution in [2.45, 2.75) is 64.3 Å². The van der Waals surface area contributed by atoms with Gasteiger partial charge in [0, 0.05) is 18.5 Å². The van der Waals surface area contributed by atoms with E-state index in [2.05, 4.69) is 17.1 Å². The predicted molar refractivity (Wildman–Crippen MR) is 81.5 cm³/mol. The molecule has 20 heavy (non-hydrogen) atoms. The summed E-state index contributed by atoms with van der Waals surface area (Å²) in [5, 5.41) is 3.45. The Morgan fingerprint density at radius 3 is 2.40 bits per heavy atom. The number of hydrogen-bond donors (Lipinski definition) is 1. The van der Waals surface area contributed by atoms with E-state index in [-0.39, 0.29) is 0 Å². The van der Waals surface area contributed by atoms with Gasteiger partial charge in [-0.1, -0.05) is 6.92 Å². The summed E-state index contributed by atoms with van der Waals surface area (Å²) >= 11 is 0. The van der Waals surface area contributed by atoms with Crippen LogP contribution in [0, 0.1) is 17.8 Å². The highest BCUT2D eigenvalue weighted by Crippen LogP contribution is 2.34. The van der Waals surface area contributed by atoms with Gasteiger partial charge in [0.15, 0.2) is 0 Å². The van der Waals surface area contributed by atoms with Crippen LogP contribution in [0.15, 0.2) is 0 Å². The maximum atomic E-state index is 12.9. The number of nitrogens with zero attached hydrogens (tertiary/aromatic N) is 1. The van der Waals surface area contributed by atoms with E-state index >= 15 is 0 Å². The molecule has 0 bridgehead atoms. The van der Waals surface area contributed by atoms with Gasteiger partial charge in [0.05, 0.1) is 0 Å². The quantitative estimate of drug-likeness (QED) is 0.842. The second-order valence-corrected chi connectivity index (χ2v) is 7.29. The molecule has 1 saturated carbocycles. The first-order valence-corrected chi connectivity index (χ1v) is 8.77. The van der Waals surface area contributed by atoms with Crippen LogP contribution in [0.4, 0.5) is 0 Å². The Hall–Kier alpha value is -0.570. The Labute approximate surface area is 123 Å². The Kier molecular flexibility index (Phi) is 4.65. The molecule has 0 aromatic rings. The van der Waals surface area contributed by atoms with Crippen LogP contribution in [0.3, 0.4) is 0 Å². The topological polar surface area (TPSA) is 32.3 Å². The Morgan fingerprint density at radius 2 is 1.70 bits per heavy atom. The minimum Gasteiger partial charge on any atom is -0.339 e. The predicted octanol–water partition coefficient (Wildman–Crippen LogP) is 2.80. The van der Waals surface area contributed by atoms with Gasteiger partial charge in [0.1, 0.15) is 0 Å². The van der Waals surface area contributed by atoms with Crippen molar-refractivity contribution in [1.82, 2.24) is 10.2 Å². The second kappa shape index (κ2) is 6.46. The molecule has 1 unspecified atom stereocenters. The Balaban J connectivity index is 1.60. The average Bonchev–Trinajstić information content (AvgIpc) is 2.97. The van der Waals surface area contributed by atoms with Crippen molar-refractivity contribution in [3.05, 3.63) is 0 Å². The number of likely N-dealkylation sites (tertiary alicyclic amines) is 1. The highest BCUT2D eigenvalue weighted by atomic mass is 16.2. The molecule has 1 atom stereocenters. The van der Waals surface area contributed by atoms with Gasteiger partial charge in [0.25, 0.3) is 0 Å². The maximum Gasteiger partial charge on any atom is 0.225 e. The van der Waals surface area contributed by atoms with Crippen LogP contribution in [0.1, 0.15) is 58.3 Å². The van der Waals surface area contributed by atoms with Crippen molar-refractivity contribution < 1.29 is 4.79 Å². The first-order chi connectivity index (χ1) is 9.75. The van der Waals surface area contributed by atoms with Crippen molar-refractivity contribution in [3.63, 3.8) is 0 Å². The number of nitrogens with one attached hydrogen (secondary N) is 1. The van der Waals surface area contributed by atoms with E-state index in [0.29, 0.717) is 17.9 Å². The largest absolute Gasteiger partial charge is 0.339 e. The van der Waals surface area contributed by atoms with Crippen LogP contribution in [-0.4, -0.2) is 36.5 Å². The van der Waals surface area contributed by atoms with Gasteiger partial charge in [-0.15, -0.1) is 0 Å². The zero-order valence-electron chi connectivity index (χ0n) is 12.9. The molecule has 1 N–H and O–H groups in total. The van der Waals surface area contributed by atoms with E-state index in [9.17, 15) is 4.79 Å². The Bertz CT molecular complexity index is 330. The molecule has 3 fully saturated rings. The third-order valence-electron chi connectivity index (χ3n) is 5.88. The van der Waals surface area contributed by atoms with Gasteiger partial charge in [-0.3, -0.25) is 4.79 Å². The molecule has 2 saturated heterocycles. The Morgan fingerprint density at radius 1 is 1.00 bits per heavy atom. The molecule has 1 amide bonds. The SMILES string of the molecule is CC1CCC(C(=O)N2CCCC2C2CCNCC2)CC1. The van der Waals surface area contributed by atoms with Gasteiger partial charge in [-0.05, 0) is 76.3 Å². The number of amides is 1. The number of hydrogen-bond acceptors (Lipinski definition) is 2. The lowest BCUT2D eigenvalue weighted by Crippen LogP contribution is -2.46. The van der Waals surface area contributed by atoms with Crippen molar-refractivity contribution in [2.75, 3.05) is 19.6 Å².